The summed E-state index contributed by atoms with van der Waals surface area (Å²) in [5.74, 6) is 0. The van der Waals surface area contributed by atoms with Gasteiger partial charge in [0.2, 0.25) is 0 Å². The number of hydrogen-bond acceptors (Lipinski definition) is 1. The van der Waals surface area contributed by atoms with E-state index in [0.29, 0.717) is 0 Å². The summed E-state index contributed by atoms with van der Waals surface area (Å²) in [7, 11) is 0. The molecule has 72 valence electrons. The first-order valence-corrected chi connectivity index (χ1v) is 4.33. The van der Waals surface area contributed by atoms with Crippen LogP contribution >= 0.6 is 0 Å². The van der Waals surface area contributed by atoms with Crippen molar-refractivity contribution in [3.8, 4) is 0 Å². The van der Waals surface area contributed by atoms with Crippen molar-refractivity contribution in [2.24, 2.45) is 0 Å². The van der Waals surface area contributed by atoms with Gasteiger partial charge < -0.3 is 0 Å². The van der Waals surface area contributed by atoms with Crippen LogP contribution in [0.1, 0.15) is 20.8 Å². The van der Waals surface area contributed by atoms with Crippen LogP contribution in [0.4, 0.5) is 4.79 Å². The minimum atomic E-state index is -0.215. The summed E-state index contributed by atoms with van der Waals surface area (Å²) in [5.41, 5.74) is -0.215. The van der Waals surface area contributed by atoms with Crippen molar-refractivity contribution in [3.63, 3.8) is 0 Å². The van der Waals surface area contributed by atoms with Crippen LogP contribution in [0, 0.1) is 0 Å². The van der Waals surface area contributed by atoms with Crippen molar-refractivity contribution in [2.45, 2.75) is 32.4 Å². The lowest BCUT2D eigenvalue weighted by atomic mass is 9.96. The van der Waals surface area contributed by atoms with Crippen molar-refractivity contribution in [3.05, 3.63) is 25.6 Å². The molecule has 1 saturated heterocycles. The maximum Gasteiger partial charge on any atom is 0.328 e. The zero-order valence-electron chi connectivity index (χ0n) is 8.45. The molecule has 13 heavy (non-hydrogen) atoms. The Morgan fingerprint density at radius 3 is 2.15 bits per heavy atom. The summed E-state index contributed by atoms with van der Waals surface area (Å²) in [6.07, 6.45) is 3.14. The lowest BCUT2D eigenvalue weighted by Crippen LogP contribution is -2.42. The quantitative estimate of drug-likeness (QED) is 0.639. The van der Waals surface area contributed by atoms with Gasteiger partial charge in [0.05, 0.1) is 11.6 Å². The first-order chi connectivity index (χ1) is 5.96. The van der Waals surface area contributed by atoms with E-state index in [0.717, 1.165) is 0 Å². The lowest BCUT2D eigenvalue weighted by molar-refractivity contribution is 0.201. The molecule has 1 heterocycles. The van der Waals surface area contributed by atoms with Crippen molar-refractivity contribution in [1.29, 1.82) is 0 Å². The Balaban J connectivity index is 3.09. The molecule has 1 aliphatic rings. The molecule has 0 aromatic heterocycles. The van der Waals surface area contributed by atoms with E-state index in [9.17, 15) is 4.79 Å². The number of urea groups is 1. The fraction of sp³-hybridized carbons (Fsp3) is 0.500. The van der Waals surface area contributed by atoms with E-state index in [2.05, 4.69) is 13.2 Å². The third kappa shape index (κ3) is 1.15. The number of carbonyl (C=O) groups excluding carboxylic acids is 1. The molecule has 3 heteroatoms. The van der Waals surface area contributed by atoms with Gasteiger partial charge in [0.15, 0.2) is 0 Å². The molecule has 3 nitrogen and oxygen atoms in total. The van der Waals surface area contributed by atoms with E-state index < -0.39 is 0 Å². The number of carbonyl (C=O) groups is 1. The Hall–Kier alpha value is -1.25. The first-order valence-electron chi connectivity index (χ1n) is 4.33. The Morgan fingerprint density at radius 1 is 1.38 bits per heavy atom. The van der Waals surface area contributed by atoms with Crippen LogP contribution in [-0.2, 0) is 0 Å². The topological polar surface area (TPSA) is 23.6 Å². The summed E-state index contributed by atoms with van der Waals surface area (Å²) in [6.45, 7) is 13.3. The monoisotopic (exact) mass is 180 g/mol. The van der Waals surface area contributed by atoms with E-state index in [-0.39, 0.29) is 17.6 Å². The van der Waals surface area contributed by atoms with Crippen LogP contribution in [0.5, 0.6) is 0 Å². The number of hydrogen-bond donors (Lipinski definition) is 0. The maximum absolute atomic E-state index is 11.7. The largest absolute Gasteiger partial charge is 0.328 e. The first kappa shape index (κ1) is 9.84. The third-order valence-corrected chi connectivity index (χ3v) is 2.87. The maximum atomic E-state index is 11.7. The van der Waals surface area contributed by atoms with Crippen LogP contribution in [0.2, 0.25) is 0 Å². The number of nitrogens with zero attached hydrogens (tertiary/aromatic N) is 2. The van der Waals surface area contributed by atoms with Gasteiger partial charge in [-0.25, -0.2) is 4.79 Å². The second-order valence-electron chi connectivity index (χ2n) is 3.75. The molecule has 0 radical (unpaired) electrons. The van der Waals surface area contributed by atoms with Gasteiger partial charge in [0.1, 0.15) is 0 Å². The van der Waals surface area contributed by atoms with E-state index in [1.807, 2.05) is 20.8 Å². The zero-order valence-corrected chi connectivity index (χ0v) is 8.45. The summed E-state index contributed by atoms with van der Waals surface area (Å²) in [6, 6.07) is 0.0676. The molecule has 1 atom stereocenters. The Morgan fingerprint density at radius 2 is 1.92 bits per heavy atom. The molecule has 0 saturated carbocycles. The molecule has 1 unspecified atom stereocenters. The summed E-state index contributed by atoms with van der Waals surface area (Å²) >= 11 is 0. The molecule has 1 aliphatic heterocycles. The van der Waals surface area contributed by atoms with Crippen LogP contribution in [-0.4, -0.2) is 27.4 Å². The fourth-order valence-corrected chi connectivity index (χ4v) is 1.63. The van der Waals surface area contributed by atoms with Crippen LogP contribution < -0.4 is 0 Å². The van der Waals surface area contributed by atoms with Gasteiger partial charge in [-0.15, -0.1) is 0 Å². The Bertz CT molecular complexity index is 258. The highest BCUT2D eigenvalue weighted by atomic mass is 16.2. The van der Waals surface area contributed by atoms with Crippen molar-refractivity contribution in [2.75, 3.05) is 0 Å². The molecule has 0 aromatic rings. The normalized spacial score (nSPS) is 26.4. The predicted octanol–water partition coefficient (Wildman–Crippen LogP) is 2.18. The molecule has 0 bridgehead atoms. The van der Waals surface area contributed by atoms with Gasteiger partial charge in [-0.05, 0) is 20.8 Å². The molecule has 0 N–H and O–H groups in total. The Kier molecular flexibility index (Phi) is 2.20. The van der Waals surface area contributed by atoms with E-state index in [1.165, 1.54) is 0 Å². The number of amides is 2. The standard InChI is InChI=1S/C10H16N2O/c1-6-11-8(3)10(4,5)12(7-2)9(11)13/h6-8H,1-2H2,3-5H3. The molecule has 0 aromatic carbocycles. The van der Waals surface area contributed by atoms with Crippen LogP contribution in [0.3, 0.4) is 0 Å². The van der Waals surface area contributed by atoms with E-state index >= 15 is 0 Å². The molecular weight excluding hydrogens is 164 g/mol. The minimum absolute atomic E-state index is 0.0532. The molecule has 1 fully saturated rings. The van der Waals surface area contributed by atoms with Crippen molar-refractivity contribution < 1.29 is 4.79 Å². The second-order valence-corrected chi connectivity index (χ2v) is 3.75. The van der Waals surface area contributed by atoms with Crippen molar-refractivity contribution in [1.82, 2.24) is 9.80 Å². The predicted molar refractivity (Wildman–Crippen MR) is 53.0 cm³/mol. The lowest BCUT2D eigenvalue weighted by Gasteiger charge is -2.30. The molecule has 0 spiro atoms. The molecule has 1 rings (SSSR count). The third-order valence-electron chi connectivity index (χ3n) is 2.87. The van der Waals surface area contributed by atoms with Gasteiger partial charge in [0, 0.05) is 12.4 Å². The van der Waals surface area contributed by atoms with Gasteiger partial charge >= 0.3 is 6.03 Å². The number of rotatable bonds is 2. The average molecular weight is 180 g/mol. The summed E-state index contributed by atoms with van der Waals surface area (Å²) in [5, 5.41) is 0. The minimum Gasteiger partial charge on any atom is -0.296 e. The highest BCUT2D eigenvalue weighted by molar-refractivity contribution is 5.80. The second kappa shape index (κ2) is 2.91. The average Bonchev–Trinajstić information content (AvgIpc) is 2.20. The SMILES string of the molecule is C=CN1C(=O)N(C=C)C(C)(C)C1C. The van der Waals surface area contributed by atoms with Gasteiger partial charge in [0.25, 0.3) is 0 Å². The van der Waals surface area contributed by atoms with Crippen LogP contribution in [0.15, 0.2) is 25.6 Å². The molecule has 0 aliphatic carbocycles. The van der Waals surface area contributed by atoms with Crippen LogP contribution in [0.25, 0.3) is 0 Å². The fourth-order valence-electron chi connectivity index (χ4n) is 1.63. The molecular formula is C10H16N2O. The van der Waals surface area contributed by atoms with E-state index in [4.69, 9.17) is 0 Å². The summed E-state index contributed by atoms with van der Waals surface area (Å²) < 4.78 is 0. The highest BCUT2D eigenvalue weighted by Gasteiger charge is 2.46. The highest BCUT2D eigenvalue weighted by Crippen LogP contribution is 2.32. The van der Waals surface area contributed by atoms with Gasteiger partial charge in [-0.1, -0.05) is 13.2 Å². The van der Waals surface area contributed by atoms with Gasteiger partial charge in [-0.2, -0.15) is 0 Å². The van der Waals surface area contributed by atoms with Crippen molar-refractivity contribution >= 4 is 6.03 Å². The zero-order chi connectivity index (χ0) is 10.2. The summed E-state index contributed by atoms with van der Waals surface area (Å²) in [4.78, 5) is 15.0. The van der Waals surface area contributed by atoms with Gasteiger partial charge in [-0.3, -0.25) is 9.80 Å². The molecule has 2 amide bonds. The van der Waals surface area contributed by atoms with E-state index in [1.54, 1.807) is 22.2 Å². The smallest absolute Gasteiger partial charge is 0.296 e. The Labute approximate surface area is 79.3 Å².